The maximum absolute atomic E-state index is 11.9. The van der Waals surface area contributed by atoms with Crippen molar-refractivity contribution in [2.24, 2.45) is 0 Å². The Morgan fingerprint density at radius 2 is 2.06 bits per heavy atom. The van der Waals surface area contributed by atoms with E-state index in [0.29, 0.717) is 11.1 Å². The minimum Gasteiger partial charge on any atom is -0.479 e. The first-order valence-electron chi connectivity index (χ1n) is 5.35. The van der Waals surface area contributed by atoms with Crippen molar-refractivity contribution in [1.29, 1.82) is 0 Å². The predicted octanol–water partition coefficient (Wildman–Crippen LogP) is 1.78. The summed E-state index contributed by atoms with van der Waals surface area (Å²) in [5, 5.41) is 0. The first-order chi connectivity index (χ1) is 8.63. The number of carbonyl (C=O) groups is 2. The van der Waals surface area contributed by atoms with Crippen molar-refractivity contribution in [2.75, 3.05) is 7.11 Å². The fourth-order valence-corrected chi connectivity index (χ4v) is 1.63. The van der Waals surface area contributed by atoms with Crippen LogP contribution in [0.1, 0.15) is 22.8 Å². The van der Waals surface area contributed by atoms with E-state index in [1.165, 1.54) is 14.0 Å². The highest BCUT2D eigenvalue weighted by atomic mass is 16.6. The second-order valence-electron chi connectivity index (χ2n) is 3.71. The second kappa shape index (κ2) is 4.91. The molecule has 0 spiro atoms. The summed E-state index contributed by atoms with van der Waals surface area (Å²) in [5.41, 5.74) is 1.09. The van der Waals surface area contributed by atoms with Gasteiger partial charge in [-0.3, -0.25) is 0 Å². The van der Waals surface area contributed by atoms with Crippen LogP contribution in [0.25, 0.3) is 0 Å². The molecule has 1 aliphatic rings. The molecule has 1 aromatic carbocycles. The standard InChI is InChI=1S/C13H12O5/c1-8-11(13(15)16-2)17-7-9-5-3-4-6-10(9)12(14)18-8/h3-6H,7H2,1-2H3/b11-8-. The molecule has 1 aliphatic heterocycles. The van der Waals surface area contributed by atoms with Gasteiger partial charge in [-0.05, 0) is 13.0 Å². The lowest BCUT2D eigenvalue weighted by Gasteiger charge is -2.17. The van der Waals surface area contributed by atoms with Gasteiger partial charge in [0.15, 0.2) is 5.76 Å². The first kappa shape index (κ1) is 12.2. The third-order valence-electron chi connectivity index (χ3n) is 2.55. The monoisotopic (exact) mass is 248 g/mol. The van der Waals surface area contributed by atoms with Crippen LogP contribution < -0.4 is 0 Å². The summed E-state index contributed by atoms with van der Waals surface area (Å²) in [6.07, 6.45) is 0. The molecule has 0 atom stereocenters. The van der Waals surface area contributed by atoms with E-state index < -0.39 is 11.9 Å². The molecule has 0 N–H and O–H groups in total. The Kier molecular flexibility index (Phi) is 3.32. The number of benzene rings is 1. The number of hydrogen-bond donors (Lipinski definition) is 0. The van der Waals surface area contributed by atoms with Crippen LogP contribution in [0.2, 0.25) is 0 Å². The Morgan fingerprint density at radius 3 is 2.78 bits per heavy atom. The lowest BCUT2D eigenvalue weighted by Crippen LogP contribution is -2.18. The van der Waals surface area contributed by atoms with Gasteiger partial charge in [0, 0.05) is 5.56 Å². The van der Waals surface area contributed by atoms with Gasteiger partial charge in [-0.1, -0.05) is 18.2 Å². The van der Waals surface area contributed by atoms with Crippen LogP contribution in [0.4, 0.5) is 0 Å². The number of carbonyl (C=O) groups excluding carboxylic acids is 2. The lowest BCUT2D eigenvalue weighted by molar-refractivity contribution is -0.140. The summed E-state index contributed by atoms with van der Waals surface area (Å²) >= 11 is 0. The van der Waals surface area contributed by atoms with E-state index >= 15 is 0 Å². The highest BCUT2D eigenvalue weighted by Crippen LogP contribution is 2.21. The number of ether oxygens (including phenoxy) is 3. The predicted molar refractivity (Wildman–Crippen MR) is 61.4 cm³/mol. The van der Waals surface area contributed by atoms with Gasteiger partial charge in [0.2, 0.25) is 5.76 Å². The molecule has 0 bridgehead atoms. The van der Waals surface area contributed by atoms with E-state index in [-0.39, 0.29) is 18.1 Å². The summed E-state index contributed by atoms with van der Waals surface area (Å²) in [6.45, 7) is 1.60. The number of fused-ring (bicyclic) bond motifs is 1. The normalized spacial score (nSPS) is 18.9. The Hall–Kier alpha value is -2.30. The average molecular weight is 248 g/mol. The number of hydrogen-bond acceptors (Lipinski definition) is 5. The van der Waals surface area contributed by atoms with E-state index in [2.05, 4.69) is 4.74 Å². The molecule has 0 aliphatic carbocycles. The Morgan fingerprint density at radius 1 is 1.33 bits per heavy atom. The zero-order valence-electron chi connectivity index (χ0n) is 10.1. The number of cyclic esters (lactones) is 1. The van der Waals surface area contributed by atoms with E-state index in [0.717, 1.165) is 0 Å². The number of methoxy groups -OCH3 is 1. The van der Waals surface area contributed by atoms with E-state index in [1.807, 2.05) is 0 Å². The van der Waals surface area contributed by atoms with Gasteiger partial charge >= 0.3 is 11.9 Å². The minimum atomic E-state index is -0.667. The van der Waals surface area contributed by atoms with Crippen molar-refractivity contribution in [3.05, 3.63) is 46.9 Å². The molecule has 94 valence electrons. The van der Waals surface area contributed by atoms with Gasteiger partial charge in [0.1, 0.15) is 6.61 Å². The Balaban J connectivity index is 2.39. The largest absolute Gasteiger partial charge is 0.479 e. The molecule has 5 nitrogen and oxygen atoms in total. The zero-order valence-corrected chi connectivity index (χ0v) is 10.1. The summed E-state index contributed by atoms with van der Waals surface area (Å²) in [6, 6.07) is 6.91. The van der Waals surface area contributed by atoms with E-state index in [1.54, 1.807) is 24.3 Å². The molecule has 0 saturated carbocycles. The molecule has 0 aromatic heterocycles. The topological polar surface area (TPSA) is 61.8 Å². The maximum Gasteiger partial charge on any atom is 0.376 e. The highest BCUT2D eigenvalue weighted by molar-refractivity contribution is 5.93. The number of esters is 2. The third kappa shape index (κ3) is 2.20. The maximum atomic E-state index is 11.9. The lowest BCUT2D eigenvalue weighted by atomic mass is 10.1. The molecule has 0 fully saturated rings. The van der Waals surface area contributed by atoms with Gasteiger partial charge in [0.05, 0.1) is 12.7 Å². The Labute approximate surface area is 104 Å². The van der Waals surface area contributed by atoms with Crippen molar-refractivity contribution >= 4 is 11.9 Å². The summed E-state index contributed by atoms with van der Waals surface area (Å²) in [5.74, 6) is -1.16. The first-order valence-corrected chi connectivity index (χ1v) is 5.35. The van der Waals surface area contributed by atoms with Crippen LogP contribution >= 0.6 is 0 Å². The molecular formula is C13H12O5. The van der Waals surface area contributed by atoms with Crippen molar-refractivity contribution in [2.45, 2.75) is 13.5 Å². The van der Waals surface area contributed by atoms with Gasteiger partial charge in [0.25, 0.3) is 0 Å². The summed E-state index contributed by atoms with van der Waals surface area (Å²) in [4.78, 5) is 23.3. The minimum absolute atomic E-state index is 0.0830. The molecule has 0 amide bonds. The van der Waals surface area contributed by atoms with Crippen molar-refractivity contribution in [3.8, 4) is 0 Å². The Bertz CT molecular complexity index is 530. The highest BCUT2D eigenvalue weighted by Gasteiger charge is 2.24. The zero-order chi connectivity index (χ0) is 13.1. The number of allylic oxidation sites excluding steroid dienone is 1. The molecule has 1 heterocycles. The van der Waals surface area contributed by atoms with Crippen molar-refractivity contribution in [3.63, 3.8) is 0 Å². The molecular weight excluding hydrogens is 236 g/mol. The SMILES string of the molecule is COC(=O)/C1=C(\C)OC(=O)c2ccccc2CO1. The second-order valence-corrected chi connectivity index (χ2v) is 3.71. The van der Waals surface area contributed by atoms with Crippen LogP contribution in [0, 0.1) is 0 Å². The van der Waals surface area contributed by atoms with Gasteiger partial charge in [-0.15, -0.1) is 0 Å². The average Bonchev–Trinajstić information content (AvgIpc) is 2.37. The number of rotatable bonds is 1. The van der Waals surface area contributed by atoms with Crippen LogP contribution in [0.5, 0.6) is 0 Å². The fraction of sp³-hybridized carbons (Fsp3) is 0.231. The van der Waals surface area contributed by atoms with E-state index in [9.17, 15) is 9.59 Å². The third-order valence-corrected chi connectivity index (χ3v) is 2.55. The summed E-state index contributed by atoms with van der Waals surface area (Å²) < 4.78 is 15.0. The van der Waals surface area contributed by atoms with Crippen LogP contribution in [-0.4, -0.2) is 19.0 Å². The molecule has 18 heavy (non-hydrogen) atoms. The quantitative estimate of drug-likeness (QED) is 0.709. The molecule has 2 rings (SSSR count). The van der Waals surface area contributed by atoms with Crippen molar-refractivity contribution in [1.82, 2.24) is 0 Å². The fourth-order valence-electron chi connectivity index (χ4n) is 1.63. The van der Waals surface area contributed by atoms with Crippen LogP contribution in [0.15, 0.2) is 35.8 Å². The van der Waals surface area contributed by atoms with E-state index in [4.69, 9.17) is 9.47 Å². The summed E-state index contributed by atoms with van der Waals surface area (Å²) in [7, 11) is 1.24. The molecule has 1 aromatic rings. The van der Waals surface area contributed by atoms with Gasteiger partial charge < -0.3 is 14.2 Å². The molecule has 5 heteroatoms. The van der Waals surface area contributed by atoms with Crippen LogP contribution in [-0.2, 0) is 25.6 Å². The van der Waals surface area contributed by atoms with Gasteiger partial charge in [-0.25, -0.2) is 9.59 Å². The van der Waals surface area contributed by atoms with Crippen LogP contribution in [0.3, 0.4) is 0 Å². The van der Waals surface area contributed by atoms with Gasteiger partial charge in [-0.2, -0.15) is 0 Å². The molecule has 0 radical (unpaired) electrons. The molecule has 0 saturated heterocycles. The molecule has 0 unspecified atom stereocenters. The van der Waals surface area contributed by atoms with Crippen molar-refractivity contribution < 1.29 is 23.8 Å². The smallest absolute Gasteiger partial charge is 0.376 e.